The molecule has 0 amide bonds. The second-order valence-corrected chi connectivity index (χ2v) is 6.53. The molecule has 1 aromatic carbocycles. The minimum absolute atomic E-state index is 0.312. The van der Waals surface area contributed by atoms with Crippen molar-refractivity contribution < 1.29 is 4.42 Å². The molecule has 2 heterocycles. The van der Waals surface area contributed by atoms with E-state index in [9.17, 15) is 4.79 Å². The summed E-state index contributed by atoms with van der Waals surface area (Å²) in [5.74, 6) is 0. The van der Waals surface area contributed by atoms with Crippen LogP contribution in [0.3, 0.4) is 0 Å². The molecule has 0 unspecified atom stereocenters. The zero-order valence-electron chi connectivity index (χ0n) is 11.0. The van der Waals surface area contributed by atoms with Crippen LogP contribution >= 0.6 is 24.0 Å². The SMILES string of the molecule is O=c1oc2ccccc2cc1SC(=S)N1CCCCC1. The lowest BCUT2D eigenvalue weighted by Crippen LogP contribution is -2.32. The molecular weight excluding hydrogens is 290 g/mol. The lowest BCUT2D eigenvalue weighted by Gasteiger charge is -2.28. The predicted molar refractivity (Wildman–Crippen MR) is 86.4 cm³/mol. The molecule has 0 radical (unpaired) electrons. The van der Waals surface area contributed by atoms with Crippen LogP contribution in [0.4, 0.5) is 0 Å². The zero-order valence-corrected chi connectivity index (χ0v) is 12.6. The van der Waals surface area contributed by atoms with Gasteiger partial charge >= 0.3 is 5.63 Å². The number of hydrogen-bond acceptors (Lipinski definition) is 4. The third-order valence-electron chi connectivity index (χ3n) is 3.42. The molecule has 0 saturated carbocycles. The highest BCUT2D eigenvalue weighted by atomic mass is 32.2. The zero-order chi connectivity index (χ0) is 13.9. The first-order chi connectivity index (χ1) is 9.74. The van der Waals surface area contributed by atoms with Crippen molar-refractivity contribution >= 4 is 39.3 Å². The summed E-state index contributed by atoms with van der Waals surface area (Å²) in [5, 5.41) is 0.927. The summed E-state index contributed by atoms with van der Waals surface area (Å²) >= 11 is 6.79. The van der Waals surface area contributed by atoms with Crippen molar-refractivity contribution in [2.75, 3.05) is 13.1 Å². The Morgan fingerprint density at radius 2 is 1.95 bits per heavy atom. The number of hydrogen-bond donors (Lipinski definition) is 0. The summed E-state index contributed by atoms with van der Waals surface area (Å²) < 4.78 is 6.10. The highest BCUT2D eigenvalue weighted by Crippen LogP contribution is 2.24. The number of piperidine rings is 1. The van der Waals surface area contributed by atoms with Crippen molar-refractivity contribution in [3.63, 3.8) is 0 Å². The minimum Gasteiger partial charge on any atom is -0.422 e. The number of fused-ring (bicyclic) bond motifs is 1. The lowest BCUT2D eigenvalue weighted by atomic mass is 10.1. The second-order valence-electron chi connectivity index (χ2n) is 4.85. The number of likely N-dealkylation sites (tertiary alicyclic amines) is 1. The van der Waals surface area contributed by atoms with Crippen LogP contribution in [-0.4, -0.2) is 22.3 Å². The van der Waals surface area contributed by atoms with E-state index in [0.717, 1.165) is 22.8 Å². The fraction of sp³-hybridized carbons (Fsp3) is 0.333. The van der Waals surface area contributed by atoms with Gasteiger partial charge in [-0.2, -0.15) is 0 Å². The highest BCUT2D eigenvalue weighted by molar-refractivity contribution is 8.22. The number of benzene rings is 1. The Hall–Kier alpha value is -1.33. The van der Waals surface area contributed by atoms with Crippen molar-refractivity contribution in [3.05, 3.63) is 40.8 Å². The van der Waals surface area contributed by atoms with Crippen molar-refractivity contribution in [1.29, 1.82) is 0 Å². The first-order valence-electron chi connectivity index (χ1n) is 6.74. The monoisotopic (exact) mass is 305 g/mol. The molecule has 1 aliphatic heterocycles. The number of para-hydroxylation sites is 1. The summed E-state index contributed by atoms with van der Waals surface area (Å²) in [6.07, 6.45) is 3.61. The molecule has 0 aliphatic carbocycles. The predicted octanol–water partition coefficient (Wildman–Crippen LogP) is 3.66. The standard InChI is InChI=1S/C15H15NO2S2/c17-14-13(10-11-6-2-3-7-12(11)18-14)20-15(19)16-8-4-1-5-9-16/h2-3,6-7,10H,1,4-5,8-9H2. The third kappa shape index (κ3) is 2.88. The van der Waals surface area contributed by atoms with Crippen molar-refractivity contribution in [3.8, 4) is 0 Å². The Bertz CT molecular complexity index is 690. The fourth-order valence-electron chi connectivity index (χ4n) is 2.35. The van der Waals surface area contributed by atoms with Gasteiger partial charge in [0.2, 0.25) is 0 Å². The van der Waals surface area contributed by atoms with Gasteiger partial charge in [-0.3, -0.25) is 0 Å². The van der Waals surface area contributed by atoms with E-state index >= 15 is 0 Å². The van der Waals surface area contributed by atoms with E-state index in [2.05, 4.69) is 4.90 Å². The van der Waals surface area contributed by atoms with E-state index in [1.165, 1.54) is 31.0 Å². The molecule has 0 spiro atoms. The smallest absolute Gasteiger partial charge is 0.350 e. The van der Waals surface area contributed by atoms with E-state index in [1.807, 2.05) is 24.3 Å². The maximum Gasteiger partial charge on any atom is 0.350 e. The molecule has 2 aromatic rings. The molecule has 0 N–H and O–H groups in total. The summed E-state index contributed by atoms with van der Waals surface area (Å²) in [4.78, 5) is 14.7. The van der Waals surface area contributed by atoms with Crippen LogP contribution in [-0.2, 0) is 0 Å². The summed E-state index contributed by atoms with van der Waals surface area (Å²) in [7, 11) is 0. The number of thioether (sulfide) groups is 1. The first-order valence-corrected chi connectivity index (χ1v) is 7.96. The van der Waals surface area contributed by atoms with Gasteiger partial charge in [0.05, 0.1) is 0 Å². The van der Waals surface area contributed by atoms with Crippen LogP contribution in [0, 0.1) is 0 Å². The van der Waals surface area contributed by atoms with Gasteiger partial charge in [0.15, 0.2) is 0 Å². The van der Waals surface area contributed by atoms with Gasteiger partial charge < -0.3 is 9.32 Å². The molecular formula is C15H15NO2S2. The minimum atomic E-state index is -0.312. The highest BCUT2D eigenvalue weighted by Gasteiger charge is 2.16. The summed E-state index contributed by atoms with van der Waals surface area (Å²) in [6, 6.07) is 9.39. The van der Waals surface area contributed by atoms with E-state index < -0.39 is 0 Å². The maximum absolute atomic E-state index is 12.0. The van der Waals surface area contributed by atoms with Gasteiger partial charge in [0, 0.05) is 18.5 Å². The average Bonchev–Trinajstić information content (AvgIpc) is 2.49. The first kappa shape index (κ1) is 13.6. The third-order valence-corrected chi connectivity index (χ3v) is 4.87. The summed E-state index contributed by atoms with van der Waals surface area (Å²) in [5.41, 5.74) is 0.304. The largest absolute Gasteiger partial charge is 0.422 e. The summed E-state index contributed by atoms with van der Waals surface area (Å²) in [6.45, 7) is 1.98. The maximum atomic E-state index is 12.0. The molecule has 1 fully saturated rings. The van der Waals surface area contributed by atoms with Crippen LogP contribution in [0.2, 0.25) is 0 Å². The van der Waals surface area contributed by atoms with Gasteiger partial charge in [0.1, 0.15) is 14.8 Å². The van der Waals surface area contributed by atoms with Gasteiger partial charge in [0.25, 0.3) is 0 Å². The Balaban J connectivity index is 1.84. The van der Waals surface area contributed by atoms with E-state index in [1.54, 1.807) is 6.07 Å². The quantitative estimate of drug-likeness (QED) is 0.456. The molecule has 0 atom stereocenters. The molecule has 1 aromatic heterocycles. The lowest BCUT2D eigenvalue weighted by molar-refractivity contribution is 0.352. The second kappa shape index (κ2) is 5.97. The van der Waals surface area contributed by atoms with Gasteiger partial charge in [-0.1, -0.05) is 42.2 Å². The van der Waals surface area contributed by atoms with Crippen LogP contribution in [0.1, 0.15) is 19.3 Å². The van der Waals surface area contributed by atoms with Crippen molar-refractivity contribution in [1.82, 2.24) is 4.90 Å². The van der Waals surface area contributed by atoms with Gasteiger partial charge in [-0.05, 0) is 31.4 Å². The molecule has 3 rings (SSSR count). The van der Waals surface area contributed by atoms with Crippen LogP contribution < -0.4 is 5.63 Å². The Kier molecular flexibility index (Phi) is 4.08. The van der Waals surface area contributed by atoms with Crippen molar-refractivity contribution in [2.24, 2.45) is 0 Å². The molecule has 3 nitrogen and oxygen atoms in total. The van der Waals surface area contributed by atoms with E-state index in [4.69, 9.17) is 16.6 Å². The van der Waals surface area contributed by atoms with Crippen molar-refractivity contribution in [2.45, 2.75) is 24.2 Å². The van der Waals surface area contributed by atoms with Crippen LogP contribution in [0.5, 0.6) is 0 Å². The normalized spacial score (nSPS) is 15.5. The average molecular weight is 305 g/mol. The number of nitrogens with zero attached hydrogens (tertiary/aromatic N) is 1. The van der Waals surface area contributed by atoms with E-state index in [-0.39, 0.29) is 5.63 Å². The topological polar surface area (TPSA) is 33.5 Å². The van der Waals surface area contributed by atoms with Crippen LogP contribution in [0.25, 0.3) is 11.0 Å². The Morgan fingerprint density at radius 3 is 2.75 bits per heavy atom. The van der Waals surface area contributed by atoms with E-state index in [0.29, 0.717) is 10.5 Å². The van der Waals surface area contributed by atoms with Crippen LogP contribution in [0.15, 0.2) is 44.4 Å². The van der Waals surface area contributed by atoms with Gasteiger partial charge in [-0.25, -0.2) is 4.79 Å². The Labute approximate surface area is 127 Å². The Morgan fingerprint density at radius 1 is 1.20 bits per heavy atom. The molecule has 20 heavy (non-hydrogen) atoms. The molecule has 0 bridgehead atoms. The molecule has 1 saturated heterocycles. The molecule has 5 heteroatoms. The molecule has 1 aliphatic rings. The fourth-order valence-corrected chi connectivity index (χ4v) is 3.61. The number of thiocarbonyl (C=S) groups is 1. The molecule has 104 valence electrons. The number of rotatable bonds is 1. The van der Waals surface area contributed by atoms with Gasteiger partial charge in [-0.15, -0.1) is 0 Å².